The third-order valence-electron chi connectivity index (χ3n) is 3.04. The van der Waals surface area contributed by atoms with Gasteiger partial charge in [0.25, 0.3) is 0 Å². The van der Waals surface area contributed by atoms with E-state index in [0.29, 0.717) is 17.7 Å². The van der Waals surface area contributed by atoms with Crippen LogP contribution < -0.4 is 4.74 Å². The fourth-order valence-corrected chi connectivity index (χ4v) is 1.90. The molecule has 1 unspecified atom stereocenters. The molecule has 1 rings (SSSR count). The van der Waals surface area contributed by atoms with Gasteiger partial charge >= 0.3 is 11.9 Å². The topological polar surface area (TPSA) is 61.8 Å². The molecular formula is C16H22O5. The molecule has 0 aromatic heterocycles. The van der Waals surface area contributed by atoms with Gasteiger partial charge in [-0.05, 0) is 37.0 Å². The van der Waals surface area contributed by atoms with Crippen molar-refractivity contribution in [3.05, 3.63) is 29.3 Å². The van der Waals surface area contributed by atoms with E-state index < -0.39 is 18.0 Å². The van der Waals surface area contributed by atoms with Gasteiger partial charge in [-0.2, -0.15) is 0 Å². The smallest absolute Gasteiger partial charge is 0.347 e. The highest BCUT2D eigenvalue weighted by Crippen LogP contribution is 2.20. The molecule has 0 saturated heterocycles. The summed E-state index contributed by atoms with van der Waals surface area (Å²) >= 11 is 0. The summed E-state index contributed by atoms with van der Waals surface area (Å²) in [5.41, 5.74) is 1.26. The number of carbonyl (C=O) groups excluding carboxylic acids is 2. The van der Waals surface area contributed by atoms with Crippen molar-refractivity contribution in [3.8, 4) is 5.75 Å². The zero-order chi connectivity index (χ0) is 16.0. The molecule has 0 fully saturated rings. The lowest BCUT2D eigenvalue weighted by Gasteiger charge is -2.17. The second kappa shape index (κ2) is 7.67. The maximum Gasteiger partial charge on any atom is 0.347 e. The minimum Gasteiger partial charge on any atom is -0.496 e. The highest BCUT2D eigenvalue weighted by Gasteiger charge is 2.25. The predicted octanol–water partition coefficient (Wildman–Crippen LogP) is 2.75. The Bertz CT molecular complexity index is 507. The largest absolute Gasteiger partial charge is 0.496 e. The number of aryl methyl sites for hydroxylation is 1. The number of hydrogen-bond donors (Lipinski definition) is 0. The van der Waals surface area contributed by atoms with Crippen molar-refractivity contribution in [1.82, 2.24) is 0 Å². The fraction of sp³-hybridized carbons (Fsp3) is 0.500. The molecule has 0 heterocycles. The number of carbonyl (C=O) groups is 2. The quantitative estimate of drug-likeness (QED) is 0.755. The average Bonchev–Trinajstić information content (AvgIpc) is 2.45. The van der Waals surface area contributed by atoms with E-state index in [0.717, 1.165) is 5.56 Å². The van der Waals surface area contributed by atoms with E-state index in [9.17, 15) is 9.59 Å². The van der Waals surface area contributed by atoms with Crippen LogP contribution in [0.4, 0.5) is 0 Å². The van der Waals surface area contributed by atoms with Crippen molar-refractivity contribution in [2.24, 2.45) is 5.92 Å². The van der Waals surface area contributed by atoms with Gasteiger partial charge in [-0.1, -0.05) is 19.9 Å². The molecule has 116 valence electrons. The molecule has 1 atom stereocenters. The summed E-state index contributed by atoms with van der Waals surface area (Å²) in [6, 6.07) is 5.01. The predicted molar refractivity (Wildman–Crippen MR) is 78.4 cm³/mol. The van der Waals surface area contributed by atoms with Crippen molar-refractivity contribution in [2.45, 2.75) is 33.3 Å². The van der Waals surface area contributed by atoms with Gasteiger partial charge in [-0.3, -0.25) is 0 Å². The Morgan fingerprint density at radius 1 is 1.19 bits per heavy atom. The number of ether oxygens (including phenoxy) is 3. The number of benzene rings is 1. The molecule has 0 aliphatic heterocycles. The minimum absolute atomic E-state index is 0.203. The van der Waals surface area contributed by atoms with Gasteiger partial charge < -0.3 is 14.2 Å². The van der Waals surface area contributed by atoms with E-state index in [2.05, 4.69) is 4.74 Å². The van der Waals surface area contributed by atoms with E-state index in [-0.39, 0.29) is 5.92 Å². The molecule has 0 bridgehead atoms. The van der Waals surface area contributed by atoms with Gasteiger partial charge in [0.05, 0.1) is 19.8 Å². The van der Waals surface area contributed by atoms with Crippen LogP contribution in [0.25, 0.3) is 0 Å². The summed E-state index contributed by atoms with van der Waals surface area (Å²) in [7, 11) is 2.81. The Kier molecular flexibility index (Phi) is 6.21. The molecule has 1 aromatic carbocycles. The summed E-state index contributed by atoms with van der Waals surface area (Å²) in [4.78, 5) is 23.8. The molecule has 0 spiro atoms. The van der Waals surface area contributed by atoms with Gasteiger partial charge in [0.1, 0.15) is 5.75 Å². The Balaban J connectivity index is 2.88. The molecule has 0 aliphatic carbocycles. The van der Waals surface area contributed by atoms with Crippen LogP contribution in [0, 0.1) is 12.8 Å². The number of esters is 2. The van der Waals surface area contributed by atoms with E-state index >= 15 is 0 Å². The van der Waals surface area contributed by atoms with Gasteiger partial charge in [0.2, 0.25) is 0 Å². The third kappa shape index (κ3) is 4.77. The van der Waals surface area contributed by atoms with Crippen LogP contribution in [0.5, 0.6) is 5.75 Å². The lowest BCUT2D eigenvalue weighted by atomic mass is 10.1. The van der Waals surface area contributed by atoms with Crippen LogP contribution in [0.1, 0.15) is 36.2 Å². The van der Waals surface area contributed by atoms with Gasteiger partial charge in [-0.15, -0.1) is 0 Å². The summed E-state index contributed by atoms with van der Waals surface area (Å²) in [5.74, 6) is -0.308. The molecule has 0 saturated carbocycles. The molecule has 0 radical (unpaired) electrons. The summed E-state index contributed by atoms with van der Waals surface area (Å²) < 4.78 is 15.1. The first kappa shape index (κ1) is 17.0. The van der Waals surface area contributed by atoms with Gasteiger partial charge in [-0.25, -0.2) is 9.59 Å². The third-order valence-corrected chi connectivity index (χ3v) is 3.04. The molecule has 1 aromatic rings. The molecule has 5 heteroatoms. The maximum absolute atomic E-state index is 12.2. The zero-order valence-corrected chi connectivity index (χ0v) is 13.1. The van der Waals surface area contributed by atoms with Crippen molar-refractivity contribution in [3.63, 3.8) is 0 Å². The molecule has 21 heavy (non-hydrogen) atoms. The van der Waals surface area contributed by atoms with Crippen molar-refractivity contribution < 1.29 is 23.8 Å². The van der Waals surface area contributed by atoms with E-state index in [1.165, 1.54) is 14.2 Å². The normalized spacial score (nSPS) is 11.9. The first-order chi connectivity index (χ1) is 9.88. The fourth-order valence-electron chi connectivity index (χ4n) is 1.90. The van der Waals surface area contributed by atoms with Gasteiger partial charge in [0, 0.05) is 0 Å². The zero-order valence-electron chi connectivity index (χ0n) is 13.1. The van der Waals surface area contributed by atoms with Crippen molar-refractivity contribution >= 4 is 11.9 Å². The van der Waals surface area contributed by atoms with Crippen molar-refractivity contribution in [1.29, 1.82) is 0 Å². The first-order valence-corrected chi connectivity index (χ1v) is 6.82. The van der Waals surface area contributed by atoms with Crippen LogP contribution >= 0.6 is 0 Å². The number of methoxy groups -OCH3 is 2. The summed E-state index contributed by atoms with van der Waals surface area (Å²) in [5, 5.41) is 0. The number of rotatable bonds is 6. The Hall–Kier alpha value is -2.04. The average molecular weight is 294 g/mol. The van der Waals surface area contributed by atoms with Crippen LogP contribution in [-0.4, -0.2) is 32.3 Å². The maximum atomic E-state index is 12.2. The van der Waals surface area contributed by atoms with Crippen LogP contribution in [0.15, 0.2) is 18.2 Å². The highest BCUT2D eigenvalue weighted by molar-refractivity contribution is 5.92. The SMILES string of the molecule is COC(=O)C(CC(C)C)OC(=O)c1ccc(C)c(OC)c1. The first-order valence-electron chi connectivity index (χ1n) is 6.82. The second-order valence-corrected chi connectivity index (χ2v) is 5.23. The lowest BCUT2D eigenvalue weighted by Crippen LogP contribution is -2.30. The van der Waals surface area contributed by atoms with Crippen LogP contribution in [-0.2, 0) is 14.3 Å². The van der Waals surface area contributed by atoms with E-state index in [1.807, 2.05) is 20.8 Å². The lowest BCUT2D eigenvalue weighted by molar-refractivity contribution is -0.151. The number of hydrogen-bond acceptors (Lipinski definition) is 5. The highest BCUT2D eigenvalue weighted by atomic mass is 16.6. The van der Waals surface area contributed by atoms with E-state index in [1.54, 1.807) is 18.2 Å². The molecular weight excluding hydrogens is 272 g/mol. The Labute approximate surface area is 125 Å². The molecule has 0 N–H and O–H groups in total. The van der Waals surface area contributed by atoms with E-state index in [4.69, 9.17) is 9.47 Å². The molecule has 5 nitrogen and oxygen atoms in total. The summed E-state index contributed by atoms with van der Waals surface area (Å²) in [6.45, 7) is 5.77. The Morgan fingerprint density at radius 2 is 1.86 bits per heavy atom. The summed E-state index contributed by atoms with van der Waals surface area (Å²) in [6.07, 6.45) is -0.476. The van der Waals surface area contributed by atoms with Gasteiger partial charge in [0.15, 0.2) is 6.10 Å². The minimum atomic E-state index is -0.894. The molecule has 0 aliphatic rings. The Morgan fingerprint density at radius 3 is 2.38 bits per heavy atom. The van der Waals surface area contributed by atoms with Crippen molar-refractivity contribution in [2.75, 3.05) is 14.2 Å². The second-order valence-electron chi connectivity index (χ2n) is 5.23. The molecule has 0 amide bonds. The van der Waals surface area contributed by atoms with Crippen LogP contribution in [0.2, 0.25) is 0 Å². The standard InChI is InChI=1S/C16H22O5/c1-10(2)8-14(16(18)20-5)21-15(17)12-7-6-11(3)13(9-12)19-4/h6-7,9-10,14H,8H2,1-5H3. The monoisotopic (exact) mass is 294 g/mol. The van der Waals surface area contributed by atoms with Crippen LogP contribution in [0.3, 0.4) is 0 Å².